The van der Waals surface area contributed by atoms with Crippen LogP contribution in [-0.2, 0) is 0 Å². The van der Waals surface area contributed by atoms with E-state index in [0.29, 0.717) is 12.5 Å². The molecule has 1 amide bonds. The van der Waals surface area contributed by atoms with E-state index < -0.39 is 5.82 Å². The van der Waals surface area contributed by atoms with Crippen LogP contribution in [0.15, 0.2) is 18.5 Å². The van der Waals surface area contributed by atoms with Crippen molar-refractivity contribution in [3.63, 3.8) is 0 Å². The monoisotopic (exact) mass is 237 g/mol. The summed E-state index contributed by atoms with van der Waals surface area (Å²) in [5.41, 5.74) is 0.277. The lowest BCUT2D eigenvalue weighted by Gasteiger charge is -2.22. The summed E-state index contributed by atoms with van der Waals surface area (Å²) in [7, 11) is 0. The maximum Gasteiger partial charge on any atom is 0.252 e. The van der Waals surface area contributed by atoms with Gasteiger partial charge in [0.25, 0.3) is 5.91 Å². The Morgan fingerprint density at radius 3 is 2.94 bits per heavy atom. The molecular formula is C12H16FN3O. The number of amides is 1. The third-order valence-electron chi connectivity index (χ3n) is 2.98. The SMILES string of the molecule is O=C(NCC1CCNCC1)c1cncc(F)c1. The highest BCUT2D eigenvalue weighted by molar-refractivity contribution is 5.93. The average molecular weight is 237 g/mol. The van der Waals surface area contributed by atoms with Crippen molar-refractivity contribution < 1.29 is 9.18 Å². The third-order valence-corrected chi connectivity index (χ3v) is 2.98. The minimum atomic E-state index is -0.487. The Bertz CT molecular complexity index is 391. The van der Waals surface area contributed by atoms with Gasteiger partial charge in [-0.15, -0.1) is 0 Å². The number of hydrogen-bond acceptors (Lipinski definition) is 3. The number of nitrogens with one attached hydrogen (secondary N) is 2. The van der Waals surface area contributed by atoms with Crippen LogP contribution >= 0.6 is 0 Å². The van der Waals surface area contributed by atoms with E-state index in [1.165, 1.54) is 12.3 Å². The van der Waals surface area contributed by atoms with E-state index in [9.17, 15) is 9.18 Å². The molecule has 0 unspecified atom stereocenters. The molecule has 5 heteroatoms. The fourth-order valence-corrected chi connectivity index (χ4v) is 1.96. The van der Waals surface area contributed by atoms with E-state index in [4.69, 9.17) is 0 Å². The van der Waals surface area contributed by atoms with E-state index in [0.717, 1.165) is 32.1 Å². The minimum Gasteiger partial charge on any atom is -0.352 e. The van der Waals surface area contributed by atoms with Gasteiger partial charge in [-0.1, -0.05) is 0 Å². The second kappa shape index (κ2) is 5.72. The summed E-state index contributed by atoms with van der Waals surface area (Å²) in [4.78, 5) is 15.4. The van der Waals surface area contributed by atoms with E-state index in [2.05, 4.69) is 15.6 Å². The van der Waals surface area contributed by atoms with E-state index in [1.807, 2.05) is 0 Å². The number of carbonyl (C=O) groups excluding carboxylic acids is 1. The number of aromatic nitrogens is 1. The molecule has 2 N–H and O–H groups in total. The van der Waals surface area contributed by atoms with E-state index in [-0.39, 0.29) is 11.5 Å². The number of pyridine rings is 1. The lowest BCUT2D eigenvalue weighted by molar-refractivity contribution is 0.0943. The Hall–Kier alpha value is -1.49. The van der Waals surface area contributed by atoms with E-state index in [1.54, 1.807) is 0 Å². The average Bonchev–Trinajstić information content (AvgIpc) is 2.37. The molecule has 2 heterocycles. The first-order chi connectivity index (χ1) is 8.25. The van der Waals surface area contributed by atoms with Crippen LogP contribution in [0, 0.1) is 11.7 Å². The minimum absolute atomic E-state index is 0.254. The van der Waals surface area contributed by atoms with Crippen LogP contribution in [0.4, 0.5) is 4.39 Å². The molecule has 0 spiro atoms. The van der Waals surface area contributed by atoms with Crippen LogP contribution in [0.3, 0.4) is 0 Å². The van der Waals surface area contributed by atoms with Gasteiger partial charge in [-0.2, -0.15) is 0 Å². The summed E-state index contributed by atoms with van der Waals surface area (Å²) >= 11 is 0. The maximum atomic E-state index is 12.9. The zero-order chi connectivity index (χ0) is 12.1. The Labute approximate surface area is 99.6 Å². The van der Waals surface area contributed by atoms with Crippen LogP contribution in [0.5, 0.6) is 0 Å². The summed E-state index contributed by atoms with van der Waals surface area (Å²) in [5.74, 6) is -0.225. The number of piperidine rings is 1. The van der Waals surface area contributed by atoms with Crippen molar-refractivity contribution in [1.82, 2.24) is 15.6 Å². The Balaban J connectivity index is 1.84. The number of nitrogens with zero attached hydrogens (tertiary/aromatic N) is 1. The van der Waals surface area contributed by atoms with Crippen LogP contribution < -0.4 is 10.6 Å². The Kier molecular flexibility index (Phi) is 4.03. The highest BCUT2D eigenvalue weighted by Gasteiger charge is 2.14. The van der Waals surface area contributed by atoms with Crippen molar-refractivity contribution in [2.75, 3.05) is 19.6 Å². The van der Waals surface area contributed by atoms with Crippen molar-refractivity contribution >= 4 is 5.91 Å². The molecule has 1 aromatic rings. The highest BCUT2D eigenvalue weighted by Crippen LogP contribution is 2.10. The summed E-state index contributed by atoms with van der Waals surface area (Å²) in [5, 5.41) is 6.09. The van der Waals surface area contributed by atoms with Crippen LogP contribution in [0.25, 0.3) is 0 Å². The molecule has 0 bridgehead atoms. The van der Waals surface area contributed by atoms with Crippen molar-refractivity contribution in [2.45, 2.75) is 12.8 Å². The second-order valence-electron chi connectivity index (χ2n) is 4.30. The fraction of sp³-hybridized carbons (Fsp3) is 0.500. The van der Waals surface area contributed by atoms with Gasteiger partial charge in [0, 0.05) is 12.7 Å². The predicted octanol–water partition coefficient (Wildman–Crippen LogP) is 0.950. The Morgan fingerprint density at radius 1 is 1.47 bits per heavy atom. The van der Waals surface area contributed by atoms with Crippen molar-refractivity contribution in [1.29, 1.82) is 0 Å². The molecule has 0 atom stereocenters. The number of halogens is 1. The van der Waals surface area contributed by atoms with Crippen LogP contribution in [0.1, 0.15) is 23.2 Å². The smallest absolute Gasteiger partial charge is 0.252 e. The lowest BCUT2D eigenvalue weighted by Crippen LogP contribution is -2.36. The normalized spacial score (nSPS) is 16.8. The van der Waals surface area contributed by atoms with Crippen LogP contribution in [-0.4, -0.2) is 30.5 Å². The number of hydrogen-bond donors (Lipinski definition) is 2. The second-order valence-corrected chi connectivity index (χ2v) is 4.30. The molecule has 1 aliphatic rings. The lowest BCUT2D eigenvalue weighted by atomic mass is 9.98. The van der Waals surface area contributed by atoms with E-state index >= 15 is 0 Å². The predicted molar refractivity (Wildman–Crippen MR) is 62.1 cm³/mol. The molecule has 1 fully saturated rings. The molecule has 0 saturated carbocycles. The molecule has 92 valence electrons. The Morgan fingerprint density at radius 2 is 2.24 bits per heavy atom. The van der Waals surface area contributed by atoms with Gasteiger partial charge in [-0.25, -0.2) is 4.39 Å². The molecular weight excluding hydrogens is 221 g/mol. The largest absolute Gasteiger partial charge is 0.352 e. The summed E-state index contributed by atoms with van der Waals surface area (Å²) < 4.78 is 12.9. The van der Waals surface area contributed by atoms with Gasteiger partial charge in [0.2, 0.25) is 0 Å². The quantitative estimate of drug-likeness (QED) is 0.823. The van der Waals surface area contributed by atoms with Gasteiger partial charge in [0.1, 0.15) is 5.82 Å². The summed E-state index contributed by atoms with van der Waals surface area (Å²) in [6.45, 7) is 2.65. The fourth-order valence-electron chi connectivity index (χ4n) is 1.96. The molecule has 0 radical (unpaired) electrons. The van der Waals surface area contributed by atoms with Gasteiger partial charge < -0.3 is 10.6 Å². The highest BCUT2D eigenvalue weighted by atomic mass is 19.1. The van der Waals surface area contributed by atoms with Crippen molar-refractivity contribution in [2.24, 2.45) is 5.92 Å². The first-order valence-electron chi connectivity index (χ1n) is 5.85. The van der Waals surface area contributed by atoms with Gasteiger partial charge in [-0.3, -0.25) is 9.78 Å². The molecule has 2 rings (SSSR count). The molecule has 0 aromatic carbocycles. The van der Waals surface area contributed by atoms with Crippen molar-refractivity contribution in [3.05, 3.63) is 29.8 Å². The van der Waals surface area contributed by atoms with Crippen molar-refractivity contribution in [3.8, 4) is 0 Å². The third kappa shape index (κ3) is 3.49. The first-order valence-corrected chi connectivity index (χ1v) is 5.85. The topological polar surface area (TPSA) is 54.0 Å². The van der Waals surface area contributed by atoms with Gasteiger partial charge in [0.05, 0.1) is 11.8 Å². The molecule has 0 aliphatic carbocycles. The summed E-state index contributed by atoms with van der Waals surface area (Å²) in [6.07, 6.45) is 4.60. The zero-order valence-electron chi connectivity index (χ0n) is 9.58. The van der Waals surface area contributed by atoms with Gasteiger partial charge >= 0.3 is 0 Å². The van der Waals surface area contributed by atoms with Gasteiger partial charge in [0.15, 0.2) is 0 Å². The molecule has 1 saturated heterocycles. The van der Waals surface area contributed by atoms with Crippen LogP contribution in [0.2, 0.25) is 0 Å². The first kappa shape index (κ1) is 12.0. The number of rotatable bonds is 3. The molecule has 17 heavy (non-hydrogen) atoms. The van der Waals surface area contributed by atoms with Gasteiger partial charge in [-0.05, 0) is 37.9 Å². The molecule has 1 aliphatic heterocycles. The molecule has 1 aromatic heterocycles. The standard InChI is InChI=1S/C12H16FN3O/c13-11-5-10(7-15-8-11)12(17)16-6-9-1-3-14-4-2-9/h5,7-9,14H,1-4,6H2,(H,16,17). The summed E-state index contributed by atoms with van der Waals surface area (Å²) in [6, 6.07) is 1.20. The maximum absolute atomic E-state index is 12.9. The number of carbonyl (C=O) groups is 1. The zero-order valence-corrected chi connectivity index (χ0v) is 9.58. The molecule has 4 nitrogen and oxygen atoms in total.